The summed E-state index contributed by atoms with van der Waals surface area (Å²) in [7, 11) is 0. The molecule has 0 radical (unpaired) electrons. The predicted molar refractivity (Wildman–Crippen MR) is 45.9 cm³/mol. The maximum Gasteiger partial charge on any atom is 0.0781 e. The second kappa shape index (κ2) is 4.80. The number of ether oxygens (including phenoxy) is 1. The zero-order valence-corrected chi connectivity index (χ0v) is 7.57. The third kappa shape index (κ3) is 3.09. The van der Waals surface area contributed by atoms with Gasteiger partial charge in [-0.15, -0.1) is 0 Å². The monoisotopic (exact) mass is 174 g/mol. The molecule has 1 fully saturated rings. The Bertz CT molecular complexity index is 119. The summed E-state index contributed by atoms with van der Waals surface area (Å²) in [6.07, 6.45) is 3.57. The highest BCUT2D eigenvalue weighted by Crippen LogP contribution is 2.21. The molecular weight excluding hydrogens is 156 g/mol. The Labute approximate surface area is 73.4 Å². The van der Waals surface area contributed by atoms with Crippen LogP contribution in [0.5, 0.6) is 0 Å². The average Bonchev–Trinajstić information content (AvgIpc) is 2.09. The summed E-state index contributed by atoms with van der Waals surface area (Å²) in [5, 5.41) is 18.0. The van der Waals surface area contributed by atoms with Crippen molar-refractivity contribution in [2.24, 2.45) is 0 Å². The fraction of sp³-hybridized carbons (Fsp3) is 1.00. The van der Waals surface area contributed by atoms with Crippen molar-refractivity contribution in [2.45, 2.75) is 50.9 Å². The van der Waals surface area contributed by atoms with Gasteiger partial charge in [-0.2, -0.15) is 0 Å². The van der Waals surface area contributed by atoms with Crippen molar-refractivity contribution in [2.75, 3.05) is 6.61 Å². The molecule has 3 nitrogen and oxygen atoms in total. The van der Waals surface area contributed by atoms with Crippen LogP contribution in [0.25, 0.3) is 0 Å². The molecule has 0 aliphatic heterocycles. The van der Waals surface area contributed by atoms with E-state index >= 15 is 0 Å². The highest BCUT2D eigenvalue weighted by molar-refractivity contribution is 4.72. The van der Waals surface area contributed by atoms with Gasteiger partial charge < -0.3 is 14.9 Å². The lowest BCUT2D eigenvalue weighted by Gasteiger charge is -2.27. The number of hydrogen-bond donors (Lipinski definition) is 2. The van der Waals surface area contributed by atoms with E-state index in [9.17, 15) is 5.11 Å². The second-order valence-corrected chi connectivity index (χ2v) is 3.56. The van der Waals surface area contributed by atoms with Crippen molar-refractivity contribution in [3.63, 3.8) is 0 Å². The molecule has 3 heteroatoms. The standard InChI is InChI=1S/C9H18O3/c1-7(6-10)12-9-4-2-8(11)3-5-9/h7-11H,2-6H2,1H3. The first-order valence-electron chi connectivity index (χ1n) is 4.66. The highest BCUT2D eigenvalue weighted by Gasteiger charge is 2.20. The second-order valence-electron chi connectivity index (χ2n) is 3.56. The van der Waals surface area contributed by atoms with E-state index in [1.54, 1.807) is 0 Å². The quantitative estimate of drug-likeness (QED) is 0.661. The molecule has 2 N–H and O–H groups in total. The SMILES string of the molecule is CC(CO)OC1CCC(O)CC1. The van der Waals surface area contributed by atoms with Gasteiger partial charge in [0.05, 0.1) is 24.9 Å². The zero-order chi connectivity index (χ0) is 8.97. The summed E-state index contributed by atoms with van der Waals surface area (Å²) in [6, 6.07) is 0. The van der Waals surface area contributed by atoms with Crippen LogP contribution in [0.2, 0.25) is 0 Å². The fourth-order valence-corrected chi connectivity index (χ4v) is 1.55. The Hall–Kier alpha value is -0.120. The zero-order valence-electron chi connectivity index (χ0n) is 7.57. The van der Waals surface area contributed by atoms with E-state index in [4.69, 9.17) is 9.84 Å². The van der Waals surface area contributed by atoms with E-state index in [1.807, 2.05) is 6.92 Å². The van der Waals surface area contributed by atoms with Crippen molar-refractivity contribution < 1.29 is 14.9 Å². The van der Waals surface area contributed by atoms with Crippen LogP contribution in [-0.2, 0) is 4.74 Å². The van der Waals surface area contributed by atoms with Crippen LogP contribution in [-0.4, -0.2) is 35.1 Å². The maximum absolute atomic E-state index is 9.21. The van der Waals surface area contributed by atoms with Crippen LogP contribution < -0.4 is 0 Å². The van der Waals surface area contributed by atoms with Crippen LogP contribution in [0.1, 0.15) is 32.6 Å². The Morgan fingerprint density at radius 1 is 1.33 bits per heavy atom. The molecule has 0 aromatic carbocycles. The summed E-state index contributed by atoms with van der Waals surface area (Å²) in [5.41, 5.74) is 0. The Balaban J connectivity index is 2.17. The molecule has 12 heavy (non-hydrogen) atoms. The molecule has 0 saturated heterocycles. The van der Waals surface area contributed by atoms with E-state index < -0.39 is 0 Å². The minimum Gasteiger partial charge on any atom is -0.394 e. The molecule has 0 bridgehead atoms. The lowest BCUT2D eigenvalue weighted by Crippen LogP contribution is -2.28. The van der Waals surface area contributed by atoms with Crippen molar-refractivity contribution >= 4 is 0 Å². The van der Waals surface area contributed by atoms with Gasteiger partial charge in [0.15, 0.2) is 0 Å². The molecule has 1 saturated carbocycles. The Kier molecular flexibility index (Phi) is 3.98. The van der Waals surface area contributed by atoms with Crippen LogP contribution >= 0.6 is 0 Å². The van der Waals surface area contributed by atoms with Crippen LogP contribution in [0.15, 0.2) is 0 Å². The van der Waals surface area contributed by atoms with Crippen molar-refractivity contribution in [3.05, 3.63) is 0 Å². The predicted octanol–water partition coefficient (Wildman–Crippen LogP) is 0.687. The van der Waals surface area contributed by atoms with E-state index in [1.165, 1.54) is 0 Å². The van der Waals surface area contributed by atoms with Crippen LogP contribution in [0.3, 0.4) is 0 Å². The summed E-state index contributed by atoms with van der Waals surface area (Å²) in [4.78, 5) is 0. The minimum atomic E-state index is -0.130. The summed E-state index contributed by atoms with van der Waals surface area (Å²) in [6.45, 7) is 1.95. The molecule has 1 aliphatic rings. The van der Waals surface area contributed by atoms with E-state index in [2.05, 4.69) is 0 Å². The molecule has 0 amide bonds. The number of aliphatic hydroxyl groups excluding tert-OH is 2. The summed E-state index contributed by atoms with van der Waals surface area (Å²) >= 11 is 0. The lowest BCUT2D eigenvalue weighted by molar-refractivity contribution is -0.0584. The molecule has 0 aromatic rings. The molecule has 72 valence electrons. The highest BCUT2D eigenvalue weighted by atomic mass is 16.5. The van der Waals surface area contributed by atoms with Gasteiger partial charge in [0.25, 0.3) is 0 Å². The third-order valence-electron chi connectivity index (χ3n) is 2.33. The van der Waals surface area contributed by atoms with Crippen molar-refractivity contribution in [1.82, 2.24) is 0 Å². The Morgan fingerprint density at radius 2 is 1.92 bits per heavy atom. The Morgan fingerprint density at radius 3 is 2.42 bits per heavy atom. The summed E-state index contributed by atoms with van der Waals surface area (Å²) in [5.74, 6) is 0. The first-order chi connectivity index (χ1) is 5.72. The van der Waals surface area contributed by atoms with Gasteiger partial charge in [-0.25, -0.2) is 0 Å². The lowest BCUT2D eigenvalue weighted by atomic mass is 9.95. The van der Waals surface area contributed by atoms with Gasteiger partial charge in [-0.05, 0) is 32.6 Å². The molecule has 1 unspecified atom stereocenters. The van der Waals surface area contributed by atoms with Crippen molar-refractivity contribution in [3.8, 4) is 0 Å². The van der Waals surface area contributed by atoms with Crippen LogP contribution in [0.4, 0.5) is 0 Å². The molecular formula is C9H18O3. The van der Waals surface area contributed by atoms with Gasteiger partial charge >= 0.3 is 0 Å². The third-order valence-corrected chi connectivity index (χ3v) is 2.33. The van der Waals surface area contributed by atoms with E-state index in [0.29, 0.717) is 0 Å². The molecule has 0 heterocycles. The molecule has 1 rings (SSSR count). The number of hydrogen-bond acceptors (Lipinski definition) is 3. The van der Waals surface area contributed by atoms with Gasteiger partial charge in [0.2, 0.25) is 0 Å². The average molecular weight is 174 g/mol. The largest absolute Gasteiger partial charge is 0.394 e. The molecule has 0 spiro atoms. The normalized spacial score (nSPS) is 33.2. The first-order valence-corrected chi connectivity index (χ1v) is 4.66. The topological polar surface area (TPSA) is 49.7 Å². The first kappa shape index (κ1) is 9.96. The summed E-state index contributed by atoms with van der Waals surface area (Å²) < 4.78 is 5.53. The number of aliphatic hydroxyl groups is 2. The van der Waals surface area contributed by atoms with Gasteiger partial charge in [-0.3, -0.25) is 0 Å². The molecule has 1 atom stereocenters. The minimum absolute atomic E-state index is 0.0646. The van der Waals surface area contributed by atoms with Gasteiger partial charge in [0.1, 0.15) is 0 Å². The van der Waals surface area contributed by atoms with E-state index in [0.717, 1.165) is 25.7 Å². The van der Waals surface area contributed by atoms with Crippen molar-refractivity contribution in [1.29, 1.82) is 0 Å². The van der Waals surface area contributed by atoms with Crippen LogP contribution in [0, 0.1) is 0 Å². The molecule has 1 aliphatic carbocycles. The number of rotatable bonds is 3. The maximum atomic E-state index is 9.21. The van der Waals surface area contributed by atoms with E-state index in [-0.39, 0.29) is 24.9 Å². The molecule has 0 aromatic heterocycles. The van der Waals surface area contributed by atoms with Gasteiger partial charge in [0, 0.05) is 0 Å². The fourth-order valence-electron chi connectivity index (χ4n) is 1.55. The van der Waals surface area contributed by atoms with Gasteiger partial charge in [-0.1, -0.05) is 0 Å². The smallest absolute Gasteiger partial charge is 0.0781 e.